The third-order valence-corrected chi connectivity index (χ3v) is 7.48. The molecule has 1 aromatic carbocycles. The fraction of sp³-hybridized carbons (Fsp3) is 0.333. The van der Waals surface area contributed by atoms with Gasteiger partial charge in [-0.15, -0.1) is 0 Å². The molecule has 2 heterocycles. The van der Waals surface area contributed by atoms with Crippen LogP contribution in [-0.4, -0.2) is 62.5 Å². The second-order valence-electron chi connectivity index (χ2n) is 6.02. The van der Waals surface area contributed by atoms with E-state index in [-0.39, 0.29) is 29.9 Å². The highest BCUT2D eigenvalue weighted by molar-refractivity contribution is 7.93. The number of ether oxygens (including phenoxy) is 1. The van der Waals surface area contributed by atoms with Crippen molar-refractivity contribution in [2.24, 2.45) is 0 Å². The topological polar surface area (TPSA) is 161 Å². The molecule has 0 fully saturated rings. The van der Waals surface area contributed by atoms with E-state index in [2.05, 4.69) is 20.3 Å². The molecule has 0 unspecified atom stereocenters. The Morgan fingerprint density at radius 2 is 2.03 bits per heavy atom. The smallest absolute Gasteiger partial charge is 0.335 e. The number of carbonyl (C=O) groups excluding carboxylic acids is 1. The van der Waals surface area contributed by atoms with Gasteiger partial charge in [0.25, 0.3) is 10.0 Å². The Hall–Kier alpha value is -2.91. The van der Waals surface area contributed by atoms with E-state index in [1.165, 1.54) is 26.2 Å². The first-order chi connectivity index (χ1) is 14.1. The number of rotatable bonds is 6. The van der Waals surface area contributed by atoms with Crippen molar-refractivity contribution < 1.29 is 30.8 Å². The molecule has 12 nitrogen and oxygen atoms in total. The number of anilines is 1. The summed E-state index contributed by atoms with van der Waals surface area (Å²) in [5.41, 5.74) is 0.185. The van der Waals surface area contributed by atoms with Crippen LogP contribution >= 0.6 is 0 Å². The van der Waals surface area contributed by atoms with Gasteiger partial charge in [0.1, 0.15) is 22.3 Å². The zero-order chi connectivity index (χ0) is 22.1. The largest absolute Gasteiger partial charge is 0.467 e. The molecule has 2 aromatic rings. The van der Waals surface area contributed by atoms with Crippen LogP contribution in [0.15, 0.2) is 28.0 Å². The Morgan fingerprint density at radius 3 is 2.70 bits per heavy atom. The molecule has 2 N–H and O–H groups in total. The van der Waals surface area contributed by atoms with Crippen LogP contribution in [0, 0.1) is 6.92 Å². The van der Waals surface area contributed by atoms with Gasteiger partial charge in [0.2, 0.25) is 16.0 Å². The van der Waals surface area contributed by atoms with Crippen LogP contribution in [-0.2, 0) is 26.6 Å². The Balaban J connectivity index is 1.89. The second kappa shape index (κ2) is 8.08. The second-order valence-corrected chi connectivity index (χ2v) is 9.55. The number of benzene rings is 1. The molecule has 2 amide bonds. The summed E-state index contributed by atoms with van der Waals surface area (Å²) in [7, 11) is -7.55. The maximum Gasteiger partial charge on any atom is 0.335 e. The van der Waals surface area contributed by atoms with Crippen molar-refractivity contribution in [2.75, 3.05) is 25.6 Å². The number of halogens is 1. The van der Waals surface area contributed by atoms with Crippen molar-refractivity contribution in [3.05, 3.63) is 29.6 Å². The normalized spacial score (nSPS) is 15.4. The number of amides is 2. The van der Waals surface area contributed by atoms with Crippen molar-refractivity contribution >= 4 is 32.0 Å². The highest BCUT2D eigenvalue weighted by atomic mass is 32.2. The standard InChI is InChI=1S/C15H17FN6O6S2/c1-9-17-13(20-15(18-9)28-2)19-14(23)21-29(24,25)11-5-3-4-10-8-22(7-6-16)30(26,27)12(10)11/h3-5H,6-8H2,1-2H3,(H2,17,18,19,20,21,23). The van der Waals surface area contributed by atoms with Crippen molar-refractivity contribution in [3.8, 4) is 6.01 Å². The molecule has 0 saturated carbocycles. The van der Waals surface area contributed by atoms with Gasteiger partial charge in [0.15, 0.2) is 0 Å². The van der Waals surface area contributed by atoms with Gasteiger partial charge in [-0.2, -0.15) is 19.3 Å². The van der Waals surface area contributed by atoms with Gasteiger partial charge >= 0.3 is 12.0 Å². The first kappa shape index (κ1) is 21.8. The monoisotopic (exact) mass is 460 g/mol. The van der Waals surface area contributed by atoms with E-state index < -0.39 is 49.1 Å². The predicted octanol–water partition coefficient (Wildman–Crippen LogP) is 0.173. The molecular formula is C15H17FN6O6S2. The highest BCUT2D eigenvalue weighted by Crippen LogP contribution is 2.35. The summed E-state index contributed by atoms with van der Waals surface area (Å²) in [6.45, 7) is 0.00214. The number of methoxy groups -OCH3 is 1. The maximum atomic E-state index is 12.7. The van der Waals surface area contributed by atoms with Crippen molar-refractivity contribution in [3.63, 3.8) is 0 Å². The number of aromatic nitrogens is 3. The number of urea groups is 1. The lowest BCUT2D eigenvalue weighted by Gasteiger charge is -2.13. The average molecular weight is 460 g/mol. The van der Waals surface area contributed by atoms with Gasteiger partial charge in [-0.05, 0) is 18.6 Å². The van der Waals surface area contributed by atoms with Crippen LogP contribution in [0.5, 0.6) is 6.01 Å². The Bertz CT molecular complexity index is 1200. The number of carbonyl (C=O) groups is 1. The Labute approximate surface area is 171 Å². The van der Waals surface area contributed by atoms with Crippen LogP contribution in [0.2, 0.25) is 0 Å². The number of sulfonamides is 2. The third-order valence-electron chi connectivity index (χ3n) is 3.99. The minimum Gasteiger partial charge on any atom is -0.467 e. The summed E-state index contributed by atoms with van der Waals surface area (Å²) in [5.74, 6) is -0.0629. The van der Waals surface area contributed by atoms with E-state index in [1.807, 2.05) is 0 Å². The highest BCUT2D eigenvalue weighted by Gasteiger charge is 2.40. The summed E-state index contributed by atoms with van der Waals surface area (Å²) in [6.07, 6.45) is 0. The van der Waals surface area contributed by atoms with Crippen molar-refractivity contribution in [1.29, 1.82) is 0 Å². The molecule has 162 valence electrons. The van der Waals surface area contributed by atoms with Crippen LogP contribution in [0.3, 0.4) is 0 Å². The van der Waals surface area contributed by atoms with Gasteiger partial charge in [-0.1, -0.05) is 12.1 Å². The lowest BCUT2D eigenvalue weighted by atomic mass is 10.2. The molecule has 0 aliphatic carbocycles. The average Bonchev–Trinajstić information content (AvgIpc) is 2.91. The molecule has 3 rings (SSSR count). The maximum absolute atomic E-state index is 12.7. The summed E-state index contributed by atoms with van der Waals surface area (Å²) >= 11 is 0. The SMILES string of the molecule is COc1nc(C)nc(NC(=O)NS(=O)(=O)c2cccc3c2S(=O)(=O)N(CCF)C3)n1. The molecule has 15 heteroatoms. The molecule has 0 saturated heterocycles. The quantitative estimate of drug-likeness (QED) is 0.612. The van der Waals surface area contributed by atoms with E-state index in [4.69, 9.17) is 4.74 Å². The number of hydrogen-bond donors (Lipinski definition) is 2. The minimum absolute atomic E-state index is 0.0967. The first-order valence-electron chi connectivity index (χ1n) is 8.37. The number of fused-ring (bicyclic) bond motifs is 1. The van der Waals surface area contributed by atoms with Crippen LogP contribution in [0.25, 0.3) is 0 Å². The fourth-order valence-electron chi connectivity index (χ4n) is 2.80. The van der Waals surface area contributed by atoms with Crippen LogP contribution in [0.1, 0.15) is 11.4 Å². The zero-order valence-corrected chi connectivity index (χ0v) is 17.4. The van der Waals surface area contributed by atoms with E-state index in [0.29, 0.717) is 0 Å². The Morgan fingerprint density at radius 1 is 1.30 bits per heavy atom. The van der Waals surface area contributed by atoms with Gasteiger partial charge in [-0.25, -0.2) is 30.7 Å². The molecule has 1 aliphatic rings. The molecule has 0 atom stereocenters. The summed E-state index contributed by atoms with van der Waals surface area (Å²) in [6, 6.07) is 2.47. The van der Waals surface area contributed by atoms with E-state index in [0.717, 1.165) is 10.4 Å². The molecule has 0 radical (unpaired) electrons. The Kier molecular flexibility index (Phi) is 5.87. The number of nitrogens with zero attached hydrogens (tertiary/aromatic N) is 4. The number of nitrogens with one attached hydrogen (secondary N) is 2. The summed E-state index contributed by atoms with van der Waals surface area (Å²) < 4.78 is 70.8. The first-order valence-corrected chi connectivity index (χ1v) is 11.3. The molecule has 1 aliphatic heterocycles. The van der Waals surface area contributed by atoms with Gasteiger partial charge < -0.3 is 4.74 Å². The molecule has 1 aromatic heterocycles. The van der Waals surface area contributed by atoms with Gasteiger partial charge in [0.05, 0.1) is 7.11 Å². The fourth-order valence-corrected chi connectivity index (χ4v) is 6.14. The molecule has 30 heavy (non-hydrogen) atoms. The van der Waals surface area contributed by atoms with Gasteiger partial charge in [-0.3, -0.25) is 5.32 Å². The summed E-state index contributed by atoms with van der Waals surface area (Å²) in [5, 5.41) is 2.12. The summed E-state index contributed by atoms with van der Waals surface area (Å²) in [4.78, 5) is 22.5. The van der Waals surface area contributed by atoms with Crippen LogP contribution < -0.4 is 14.8 Å². The van der Waals surface area contributed by atoms with Crippen molar-refractivity contribution in [2.45, 2.75) is 23.3 Å². The molecule has 0 bridgehead atoms. The number of alkyl halides is 1. The molecular weight excluding hydrogens is 443 g/mol. The van der Waals surface area contributed by atoms with Crippen LogP contribution in [0.4, 0.5) is 15.1 Å². The van der Waals surface area contributed by atoms with E-state index in [9.17, 15) is 26.0 Å². The lowest BCUT2D eigenvalue weighted by molar-refractivity contribution is 0.256. The zero-order valence-electron chi connectivity index (χ0n) is 15.8. The lowest BCUT2D eigenvalue weighted by Crippen LogP contribution is -2.36. The molecule has 0 spiro atoms. The number of aryl methyl sites for hydroxylation is 1. The number of hydrogen-bond acceptors (Lipinski definition) is 9. The predicted molar refractivity (Wildman–Crippen MR) is 100 cm³/mol. The van der Waals surface area contributed by atoms with Crippen molar-refractivity contribution in [1.82, 2.24) is 24.0 Å². The minimum atomic E-state index is -4.60. The van der Waals surface area contributed by atoms with E-state index in [1.54, 1.807) is 4.72 Å². The third kappa shape index (κ3) is 4.17. The van der Waals surface area contributed by atoms with Gasteiger partial charge in [0, 0.05) is 13.1 Å². The van der Waals surface area contributed by atoms with E-state index >= 15 is 0 Å².